The van der Waals surface area contributed by atoms with Crippen LogP contribution in [0.15, 0.2) is 24.4 Å². The number of nitrogens with zero attached hydrogens (tertiary/aromatic N) is 5. The highest BCUT2D eigenvalue weighted by atomic mass is 19.1. The molecule has 1 aromatic carbocycles. The molecule has 4 rings (SSSR count). The molecule has 3 N–H and O–H groups in total. The Morgan fingerprint density at radius 3 is 3.00 bits per heavy atom. The van der Waals surface area contributed by atoms with Gasteiger partial charge in [-0.1, -0.05) is 0 Å². The predicted molar refractivity (Wildman–Crippen MR) is 103 cm³/mol. The number of benzene rings is 1. The van der Waals surface area contributed by atoms with Crippen LogP contribution in [0.1, 0.15) is 28.4 Å². The Morgan fingerprint density at radius 2 is 2.24 bits per heavy atom. The first-order valence-corrected chi connectivity index (χ1v) is 9.05. The van der Waals surface area contributed by atoms with E-state index in [2.05, 4.69) is 15.4 Å². The molecule has 1 aliphatic rings. The fraction of sp³-hybridized carbons (Fsp3) is 0.263. The Labute approximate surface area is 165 Å². The predicted octanol–water partition coefficient (Wildman–Crippen LogP) is 1.47. The van der Waals surface area contributed by atoms with Crippen LogP contribution >= 0.6 is 0 Å². The zero-order chi connectivity index (χ0) is 20.5. The number of anilines is 2. The van der Waals surface area contributed by atoms with Gasteiger partial charge in [0.2, 0.25) is 0 Å². The van der Waals surface area contributed by atoms with Crippen molar-refractivity contribution < 1.29 is 13.9 Å². The smallest absolute Gasteiger partial charge is 0.259 e. The van der Waals surface area contributed by atoms with Gasteiger partial charge >= 0.3 is 0 Å². The van der Waals surface area contributed by atoms with E-state index in [0.29, 0.717) is 29.3 Å². The summed E-state index contributed by atoms with van der Waals surface area (Å²) < 4.78 is 21.4. The summed E-state index contributed by atoms with van der Waals surface area (Å²) in [6.45, 7) is 2.96. The Kier molecular flexibility index (Phi) is 4.64. The Bertz CT molecular complexity index is 1150. The number of hydrogen-bond acceptors (Lipinski definition) is 7. The molecule has 0 saturated carbocycles. The molecule has 1 amide bonds. The molecule has 0 radical (unpaired) electrons. The topological polar surface area (TPSA) is 122 Å². The molecule has 1 aliphatic heterocycles. The van der Waals surface area contributed by atoms with Gasteiger partial charge in [-0.15, -0.1) is 5.10 Å². The number of halogens is 1. The van der Waals surface area contributed by atoms with Crippen LogP contribution in [0.3, 0.4) is 0 Å². The third kappa shape index (κ3) is 3.16. The van der Waals surface area contributed by atoms with Crippen LogP contribution in [0.4, 0.5) is 16.0 Å². The molecule has 0 aliphatic carbocycles. The van der Waals surface area contributed by atoms with E-state index >= 15 is 0 Å². The number of fused-ring (bicyclic) bond motifs is 2. The van der Waals surface area contributed by atoms with Crippen molar-refractivity contribution >= 4 is 23.2 Å². The van der Waals surface area contributed by atoms with Gasteiger partial charge in [-0.05, 0) is 25.1 Å². The molecular weight excluding hydrogens is 377 g/mol. The SMILES string of the molecule is CCN1Cc2c(ccc(F)c2C#N)OCCNC(=O)c2c(N)nn3ccc1nc23. The molecular formula is C19H18FN7O2. The highest BCUT2D eigenvalue weighted by Gasteiger charge is 2.23. The number of carbonyl (C=O) groups excluding carboxylic acids is 1. The second-order valence-electron chi connectivity index (χ2n) is 6.44. The van der Waals surface area contributed by atoms with Gasteiger partial charge in [0.25, 0.3) is 5.91 Å². The summed E-state index contributed by atoms with van der Waals surface area (Å²) in [5.41, 5.74) is 6.78. The Hall–Kier alpha value is -3.87. The molecule has 0 spiro atoms. The van der Waals surface area contributed by atoms with Crippen molar-refractivity contribution in [3.63, 3.8) is 0 Å². The van der Waals surface area contributed by atoms with E-state index in [4.69, 9.17) is 10.5 Å². The van der Waals surface area contributed by atoms with Gasteiger partial charge in [-0.3, -0.25) is 4.79 Å². The van der Waals surface area contributed by atoms with Crippen LogP contribution in [-0.2, 0) is 6.54 Å². The second kappa shape index (κ2) is 7.27. The summed E-state index contributed by atoms with van der Waals surface area (Å²) >= 11 is 0. The van der Waals surface area contributed by atoms with Crippen molar-refractivity contribution in [1.29, 1.82) is 5.26 Å². The third-order valence-electron chi connectivity index (χ3n) is 4.76. The summed E-state index contributed by atoms with van der Waals surface area (Å²) in [5, 5.41) is 16.3. The van der Waals surface area contributed by atoms with E-state index in [9.17, 15) is 14.4 Å². The minimum Gasteiger partial charge on any atom is -0.491 e. The lowest BCUT2D eigenvalue weighted by atomic mass is 10.1. The van der Waals surface area contributed by atoms with Gasteiger partial charge in [0.1, 0.15) is 35.6 Å². The minimum atomic E-state index is -0.613. The maximum absolute atomic E-state index is 14.3. The number of amides is 1. The lowest BCUT2D eigenvalue weighted by molar-refractivity contribution is 0.0949. The summed E-state index contributed by atoms with van der Waals surface area (Å²) in [6, 6.07) is 6.33. The average molecular weight is 395 g/mol. The van der Waals surface area contributed by atoms with E-state index in [1.807, 2.05) is 17.9 Å². The second-order valence-corrected chi connectivity index (χ2v) is 6.44. The van der Waals surface area contributed by atoms with E-state index in [1.54, 1.807) is 12.3 Å². The highest BCUT2D eigenvalue weighted by molar-refractivity contribution is 6.04. The fourth-order valence-electron chi connectivity index (χ4n) is 3.30. The van der Waals surface area contributed by atoms with E-state index in [-0.39, 0.29) is 36.6 Å². The largest absolute Gasteiger partial charge is 0.491 e. The molecule has 2 bridgehead atoms. The highest BCUT2D eigenvalue weighted by Crippen LogP contribution is 2.29. The minimum absolute atomic E-state index is 0.0723. The van der Waals surface area contributed by atoms with Crippen LogP contribution in [-0.4, -0.2) is 40.2 Å². The zero-order valence-corrected chi connectivity index (χ0v) is 15.6. The van der Waals surface area contributed by atoms with E-state index in [0.717, 1.165) is 0 Å². The van der Waals surface area contributed by atoms with Crippen LogP contribution in [0.5, 0.6) is 5.75 Å². The van der Waals surface area contributed by atoms with Crippen molar-refractivity contribution in [2.75, 3.05) is 30.3 Å². The maximum atomic E-state index is 14.3. The molecule has 10 heteroatoms. The molecule has 3 aromatic rings. The number of nitrogen functional groups attached to an aromatic ring is 1. The summed E-state index contributed by atoms with van der Waals surface area (Å²) in [7, 11) is 0. The van der Waals surface area contributed by atoms with Crippen LogP contribution in [0, 0.1) is 17.1 Å². The number of aromatic nitrogens is 3. The molecule has 0 atom stereocenters. The molecule has 2 aromatic heterocycles. The molecule has 0 unspecified atom stereocenters. The first kappa shape index (κ1) is 18.5. The van der Waals surface area contributed by atoms with E-state index < -0.39 is 11.7 Å². The molecule has 148 valence electrons. The first-order chi connectivity index (χ1) is 14.0. The Morgan fingerprint density at radius 1 is 1.41 bits per heavy atom. The quantitative estimate of drug-likeness (QED) is 0.640. The number of nitrogens with two attached hydrogens (primary N) is 1. The maximum Gasteiger partial charge on any atom is 0.259 e. The van der Waals surface area contributed by atoms with Crippen molar-refractivity contribution in [1.82, 2.24) is 19.9 Å². The zero-order valence-electron chi connectivity index (χ0n) is 15.6. The summed E-state index contributed by atoms with van der Waals surface area (Å²) in [4.78, 5) is 19.0. The molecule has 3 heterocycles. The van der Waals surface area contributed by atoms with Crippen LogP contribution in [0.25, 0.3) is 5.65 Å². The first-order valence-electron chi connectivity index (χ1n) is 9.05. The van der Waals surface area contributed by atoms with Crippen LogP contribution in [0.2, 0.25) is 0 Å². The Balaban J connectivity index is 1.89. The normalized spacial score (nSPS) is 14.2. The standard InChI is InChI=1S/C19H18FN7O2/c1-2-26-10-12-11(9-21)13(20)3-4-14(12)29-8-6-23-19(28)16-17(22)25-27-7-5-15(26)24-18(16)27/h3-5,7H,2,6,8,10H2,1H3,(H2,22,25)(H,23,28). The van der Waals surface area contributed by atoms with Gasteiger partial charge < -0.3 is 20.7 Å². The van der Waals surface area contributed by atoms with Crippen molar-refractivity contribution in [2.45, 2.75) is 13.5 Å². The van der Waals surface area contributed by atoms with Gasteiger partial charge in [-0.25, -0.2) is 13.9 Å². The number of carbonyl (C=O) groups is 1. The fourth-order valence-corrected chi connectivity index (χ4v) is 3.30. The number of ether oxygens (including phenoxy) is 1. The molecule has 0 fully saturated rings. The van der Waals surface area contributed by atoms with Crippen molar-refractivity contribution in [2.24, 2.45) is 0 Å². The van der Waals surface area contributed by atoms with Gasteiger partial charge in [0, 0.05) is 24.8 Å². The lowest BCUT2D eigenvalue weighted by Gasteiger charge is -2.24. The average Bonchev–Trinajstić information content (AvgIpc) is 3.04. The van der Waals surface area contributed by atoms with Crippen molar-refractivity contribution in [3.8, 4) is 11.8 Å². The van der Waals surface area contributed by atoms with Gasteiger partial charge in [0.15, 0.2) is 11.5 Å². The van der Waals surface area contributed by atoms with E-state index in [1.165, 1.54) is 16.6 Å². The lowest BCUT2D eigenvalue weighted by Crippen LogP contribution is -2.28. The van der Waals surface area contributed by atoms with Gasteiger partial charge in [-0.2, -0.15) is 5.26 Å². The third-order valence-corrected chi connectivity index (χ3v) is 4.76. The molecule has 9 nitrogen and oxygen atoms in total. The van der Waals surface area contributed by atoms with Crippen molar-refractivity contribution in [3.05, 3.63) is 46.9 Å². The van der Waals surface area contributed by atoms with Crippen LogP contribution < -0.4 is 20.7 Å². The number of rotatable bonds is 1. The van der Waals surface area contributed by atoms with Gasteiger partial charge in [0.05, 0.1) is 12.1 Å². The molecule has 29 heavy (non-hydrogen) atoms. The summed E-state index contributed by atoms with van der Waals surface area (Å²) in [5.74, 6) is -0.0308. The number of hydrogen-bond donors (Lipinski definition) is 2. The summed E-state index contributed by atoms with van der Waals surface area (Å²) in [6.07, 6.45) is 1.65. The number of nitriles is 1. The number of nitrogens with one attached hydrogen (secondary N) is 1. The molecule has 0 saturated heterocycles. The monoisotopic (exact) mass is 395 g/mol.